The van der Waals surface area contributed by atoms with Gasteiger partial charge in [-0.3, -0.25) is 14.4 Å². The number of halogens is 2. The molecule has 0 saturated heterocycles. The molecule has 0 aliphatic heterocycles. The lowest BCUT2D eigenvalue weighted by molar-refractivity contribution is -0.127. The van der Waals surface area contributed by atoms with Crippen LogP contribution in [0.1, 0.15) is 33.2 Å². The van der Waals surface area contributed by atoms with Crippen LogP contribution in [0, 0.1) is 6.92 Å². The normalized spacial score (nSPS) is 11.3. The van der Waals surface area contributed by atoms with E-state index in [0.717, 1.165) is 5.56 Å². The second kappa shape index (κ2) is 12.2. The summed E-state index contributed by atoms with van der Waals surface area (Å²) < 4.78 is 5.56. The monoisotopic (exact) mass is 513 g/mol. The molecule has 182 valence electrons. The Kier molecular flexibility index (Phi) is 9.11. The van der Waals surface area contributed by atoms with Crippen molar-refractivity contribution in [1.82, 2.24) is 10.6 Å². The van der Waals surface area contributed by atoms with Crippen LogP contribution in [-0.2, 0) is 4.79 Å². The number of ether oxygens (including phenoxy) is 1. The molecule has 0 radical (unpaired) electrons. The zero-order valence-electron chi connectivity index (χ0n) is 19.2. The Hall–Kier alpha value is -3.55. The van der Waals surface area contributed by atoms with Crippen LogP contribution in [0.25, 0.3) is 0 Å². The van der Waals surface area contributed by atoms with Crippen molar-refractivity contribution >= 4 is 46.6 Å². The number of hydrogen-bond acceptors (Lipinski definition) is 4. The Balaban J connectivity index is 1.41. The summed E-state index contributed by atoms with van der Waals surface area (Å²) in [6, 6.07) is 18.5. The largest absolute Gasteiger partial charge is 0.479 e. The number of hydrogen-bond donors (Lipinski definition) is 3. The van der Waals surface area contributed by atoms with Crippen LogP contribution in [0.15, 0.2) is 66.7 Å². The van der Waals surface area contributed by atoms with Crippen molar-refractivity contribution < 1.29 is 19.1 Å². The summed E-state index contributed by atoms with van der Waals surface area (Å²) >= 11 is 11.9. The van der Waals surface area contributed by atoms with E-state index >= 15 is 0 Å². The Morgan fingerprint density at radius 3 is 2.09 bits per heavy atom. The van der Waals surface area contributed by atoms with E-state index in [1.807, 2.05) is 19.1 Å². The molecule has 9 heteroatoms. The number of nitrogens with one attached hydrogen (secondary N) is 3. The molecule has 7 nitrogen and oxygen atoms in total. The van der Waals surface area contributed by atoms with Gasteiger partial charge in [0.15, 0.2) is 6.10 Å². The van der Waals surface area contributed by atoms with Gasteiger partial charge in [-0.15, -0.1) is 0 Å². The first-order valence-corrected chi connectivity index (χ1v) is 11.6. The van der Waals surface area contributed by atoms with Gasteiger partial charge in [0.1, 0.15) is 5.75 Å². The standard InChI is InChI=1S/C26H25Cl2N3O4/c1-16-3-5-19(6-4-16)26(34)31-21-10-7-18(8-11-21)25(33)30-14-13-29-24(32)17(2)35-23-12-9-20(27)15-22(23)28/h3-12,15,17H,13-14H2,1-2H3,(H,29,32)(H,30,33)(H,31,34). The third-order valence-corrected chi connectivity index (χ3v) is 5.53. The summed E-state index contributed by atoms with van der Waals surface area (Å²) in [5, 5.41) is 9.00. The zero-order valence-corrected chi connectivity index (χ0v) is 20.7. The lowest BCUT2D eigenvalue weighted by Gasteiger charge is -2.16. The molecule has 0 bridgehead atoms. The van der Waals surface area contributed by atoms with Gasteiger partial charge < -0.3 is 20.7 Å². The second-order valence-electron chi connectivity index (χ2n) is 7.78. The van der Waals surface area contributed by atoms with E-state index in [0.29, 0.717) is 32.6 Å². The van der Waals surface area contributed by atoms with E-state index in [1.165, 1.54) is 6.07 Å². The summed E-state index contributed by atoms with van der Waals surface area (Å²) in [5.74, 6) is -0.521. The first-order chi connectivity index (χ1) is 16.7. The number of benzene rings is 3. The number of carbonyl (C=O) groups excluding carboxylic acids is 3. The molecule has 3 N–H and O–H groups in total. The van der Waals surface area contributed by atoms with Crippen LogP contribution in [0.2, 0.25) is 10.0 Å². The molecule has 0 aromatic heterocycles. The SMILES string of the molecule is Cc1ccc(C(=O)Nc2ccc(C(=O)NCCNC(=O)C(C)Oc3ccc(Cl)cc3Cl)cc2)cc1. The highest BCUT2D eigenvalue weighted by Gasteiger charge is 2.16. The Labute approximate surface area is 213 Å². The molecule has 3 aromatic rings. The van der Waals surface area contributed by atoms with Crippen molar-refractivity contribution in [3.63, 3.8) is 0 Å². The van der Waals surface area contributed by atoms with Crippen molar-refractivity contribution in [2.24, 2.45) is 0 Å². The summed E-state index contributed by atoms with van der Waals surface area (Å²) in [5.41, 5.74) is 2.63. The Morgan fingerprint density at radius 2 is 1.43 bits per heavy atom. The van der Waals surface area contributed by atoms with Gasteiger partial charge in [0, 0.05) is 34.9 Å². The molecule has 3 aromatic carbocycles. The molecule has 1 unspecified atom stereocenters. The molecule has 3 rings (SSSR count). The van der Waals surface area contributed by atoms with Crippen molar-refractivity contribution in [3.8, 4) is 5.75 Å². The van der Waals surface area contributed by atoms with E-state index < -0.39 is 6.10 Å². The van der Waals surface area contributed by atoms with E-state index in [9.17, 15) is 14.4 Å². The average molecular weight is 514 g/mol. The summed E-state index contributed by atoms with van der Waals surface area (Å²) in [4.78, 5) is 36.9. The molecule has 0 aliphatic carbocycles. The van der Waals surface area contributed by atoms with Crippen molar-refractivity contribution in [2.75, 3.05) is 18.4 Å². The highest BCUT2D eigenvalue weighted by molar-refractivity contribution is 6.35. The smallest absolute Gasteiger partial charge is 0.260 e. The van der Waals surface area contributed by atoms with Gasteiger partial charge in [-0.25, -0.2) is 0 Å². The van der Waals surface area contributed by atoms with E-state index in [2.05, 4.69) is 16.0 Å². The number of carbonyl (C=O) groups is 3. The zero-order chi connectivity index (χ0) is 25.4. The van der Waals surface area contributed by atoms with Crippen LogP contribution in [0.5, 0.6) is 5.75 Å². The van der Waals surface area contributed by atoms with Gasteiger partial charge in [-0.05, 0) is 68.4 Å². The van der Waals surface area contributed by atoms with Gasteiger partial charge in [-0.1, -0.05) is 40.9 Å². The molecule has 3 amide bonds. The highest BCUT2D eigenvalue weighted by Crippen LogP contribution is 2.28. The molecular formula is C26H25Cl2N3O4. The first-order valence-electron chi connectivity index (χ1n) is 10.9. The van der Waals surface area contributed by atoms with Gasteiger partial charge in [0.2, 0.25) is 0 Å². The Morgan fingerprint density at radius 1 is 0.829 bits per heavy atom. The van der Waals surface area contributed by atoms with Gasteiger partial charge in [-0.2, -0.15) is 0 Å². The fourth-order valence-corrected chi connectivity index (χ4v) is 3.49. The molecule has 0 saturated carbocycles. The fraction of sp³-hybridized carbons (Fsp3) is 0.192. The lowest BCUT2D eigenvalue weighted by atomic mass is 10.1. The second-order valence-corrected chi connectivity index (χ2v) is 8.62. The molecule has 0 aliphatic rings. The van der Waals surface area contributed by atoms with Crippen LogP contribution in [0.3, 0.4) is 0 Å². The summed E-state index contributed by atoms with van der Waals surface area (Å²) in [6.45, 7) is 3.99. The number of rotatable bonds is 9. The van der Waals surface area contributed by atoms with E-state index in [1.54, 1.807) is 55.5 Å². The fourth-order valence-electron chi connectivity index (χ4n) is 3.04. The van der Waals surface area contributed by atoms with Gasteiger partial charge in [0.25, 0.3) is 17.7 Å². The van der Waals surface area contributed by atoms with Crippen LogP contribution >= 0.6 is 23.2 Å². The minimum atomic E-state index is -0.785. The Bertz CT molecular complexity index is 1200. The number of aryl methyl sites for hydroxylation is 1. The average Bonchev–Trinajstić information content (AvgIpc) is 2.84. The minimum Gasteiger partial charge on any atom is -0.479 e. The predicted molar refractivity (Wildman–Crippen MR) is 137 cm³/mol. The molecular weight excluding hydrogens is 489 g/mol. The predicted octanol–water partition coefficient (Wildman–Crippen LogP) is 4.87. The number of amides is 3. The number of anilines is 1. The maximum atomic E-state index is 12.4. The van der Waals surface area contributed by atoms with Gasteiger partial charge in [0.05, 0.1) is 5.02 Å². The maximum absolute atomic E-state index is 12.4. The molecule has 0 spiro atoms. The van der Waals surface area contributed by atoms with Crippen LogP contribution in [-0.4, -0.2) is 36.9 Å². The van der Waals surface area contributed by atoms with Crippen molar-refractivity contribution in [2.45, 2.75) is 20.0 Å². The quantitative estimate of drug-likeness (QED) is 0.355. The summed E-state index contributed by atoms with van der Waals surface area (Å²) in [6.07, 6.45) is -0.785. The van der Waals surface area contributed by atoms with E-state index in [4.69, 9.17) is 27.9 Å². The van der Waals surface area contributed by atoms with Crippen LogP contribution in [0.4, 0.5) is 5.69 Å². The lowest BCUT2D eigenvalue weighted by Crippen LogP contribution is -2.40. The molecule has 0 fully saturated rings. The third-order valence-electron chi connectivity index (χ3n) is 5.00. The molecule has 1 atom stereocenters. The summed E-state index contributed by atoms with van der Waals surface area (Å²) in [7, 11) is 0. The van der Waals surface area contributed by atoms with Crippen LogP contribution < -0.4 is 20.7 Å². The third kappa shape index (κ3) is 7.73. The van der Waals surface area contributed by atoms with Gasteiger partial charge >= 0.3 is 0 Å². The first kappa shape index (κ1) is 26.1. The maximum Gasteiger partial charge on any atom is 0.260 e. The molecule has 35 heavy (non-hydrogen) atoms. The minimum absolute atomic E-state index is 0.220. The molecule has 0 heterocycles. The highest BCUT2D eigenvalue weighted by atomic mass is 35.5. The van der Waals surface area contributed by atoms with E-state index in [-0.39, 0.29) is 30.8 Å². The van der Waals surface area contributed by atoms with Crippen molar-refractivity contribution in [3.05, 3.63) is 93.5 Å². The van der Waals surface area contributed by atoms with Crippen molar-refractivity contribution in [1.29, 1.82) is 0 Å². The topological polar surface area (TPSA) is 96.5 Å².